The Balaban J connectivity index is 2.80. The van der Waals surface area contributed by atoms with Gasteiger partial charge in [0.05, 0.1) is 4.47 Å². The molecular formula is C11H15BrN2O. The summed E-state index contributed by atoms with van der Waals surface area (Å²) in [6.07, 6.45) is 2.45. The van der Waals surface area contributed by atoms with E-state index >= 15 is 0 Å². The first-order valence-corrected chi connectivity index (χ1v) is 5.68. The van der Waals surface area contributed by atoms with Crippen LogP contribution in [0.4, 0.5) is 5.82 Å². The molecule has 0 radical (unpaired) electrons. The van der Waals surface area contributed by atoms with Crippen molar-refractivity contribution < 1.29 is 4.79 Å². The molecule has 1 aromatic heterocycles. The van der Waals surface area contributed by atoms with Crippen LogP contribution >= 0.6 is 15.9 Å². The fourth-order valence-corrected chi connectivity index (χ4v) is 1.27. The molecule has 0 aliphatic heterocycles. The Morgan fingerprint density at radius 3 is 2.80 bits per heavy atom. The highest BCUT2D eigenvalue weighted by Crippen LogP contribution is 2.24. The monoisotopic (exact) mass is 270 g/mol. The minimum atomic E-state index is -0.364. The number of rotatable bonds is 3. The number of nitrogens with zero attached hydrogens (tertiary/aromatic N) is 1. The molecule has 0 aliphatic carbocycles. The first kappa shape index (κ1) is 12.2. The number of pyridine rings is 1. The number of anilines is 1. The molecular weight excluding hydrogens is 256 g/mol. The maximum absolute atomic E-state index is 11.8. The summed E-state index contributed by atoms with van der Waals surface area (Å²) in [5, 5.41) is 2.80. The number of hydrogen-bond donors (Lipinski definition) is 1. The van der Waals surface area contributed by atoms with Crippen molar-refractivity contribution in [2.24, 2.45) is 5.41 Å². The Kier molecular flexibility index (Phi) is 3.85. The summed E-state index contributed by atoms with van der Waals surface area (Å²) in [4.78, 5) is 15.9. The molecule has 0 saturated carbocycles. The van der Waals surface area contributed by atoms with Gasteiger partial charge in [-0.15, -0.1) is 0 Å². The van der Waals surface area contributed by atoms with Crippen LogP contribution in [-0.4, -0.2) is 10.9 Å². The Hall–Kier alpha value is -0.900. The number of aromatic nitrogens is 1. The van der Waals surface area contributed by atoms with Crippen LogP contribution in [0.3, 0.4) is 0 Å². The van der Waals surface area contributed by atoms with Crippen LogP contribution in [0.1, 0.15) is 27.2 Å². The third-order valence-corrected chi connectivity index (χ3v) is 3.13. The largest absolute Gasteiger partial charge is 0.309 e. The summed E-state index contributed by atoms with van der Waals surface area (Å²) in [7, 11) is 0. The lowest BCUT2D eigenvalue weighted by Gasteiger charge is -2.21. The van der Waals surface area contributed by atoms with Gasteiger partial charge < -0.3 is 5.32 Å². The fraction of sp³-hybridized carbons (Fsp3) is 0.455. The van der Waals surface area contributed by atoms with E-state index in [4.69, 9.17) is 0 Å². The zero-order valence-corrected chi connectivity index (χ0v) is 10.8. The van der Waals surface area contributed by atoms with Crippen LogP contribution in [0.5, 0.6) is 0 Å². The standard InChI is InChI=1S/C11H15BrN2O/c1-4-11(2,3)10(15)14-9-8(12)6-5-7-13-9/h5-7H,4H2,1-3H3,(H,13,14,15). The third kappa shape index (κ3) is 3.02. The Labute approximate surface area is 98.4 Å². The second-order valence-electron chi connectivity index (χ2n) is 4.03. The van der Waals surface area contributed by atoms with Gasteiger partial charge in [-0.3, -0.25) is 4.79 Å². The lowest BCUT2D eigenvalue weighted by atomic mass is 9.89. The minimum absolute atomic E-state index is 0.00981. The average molecular weight is 271 g/mol. The van der Waals surface area contributed by atoms with Gasteiger partial charge in [0.25, 0.3) is 0 Å². The second-order valence-corrected chi connectivity index (χ2v) is 4.88. The zero-order chi connectivity index (χ0) is 11.5. The van der Waals surface area contributed by atoms with E-state index in [0.717, 1.165) is 10.9 Å². The number of nitrogens with one attached hydrogen (secondary N) is 1. The van der Waals surface area contributed by atoms with E-state index in [-0.39, 0.29) is 11.3 Å². The SMILES string of the molecule is CCC(C)(C)C(=O)Nc1ncccc1Br. The molecule has 0 unspecified atom stereocenters. The summed E-state index contributed by atoms with van der Waals surface area (Å²) in [6.45, 7) is 5.82. The van der Waals surface area contributed by atoms with E-state index in [2.05, 4.69) is 26.2 Å². The quantitative estimate of drug-likeness (QED) is 0.917. The summed E-state index contributed by atoms with van der Waals surface area (Å²) >= 11 is 3.34. The summed E-state index contributed by atoms with van der Waals surface area (Å²) in [6, 6.07) is 3.66. The zero-order valence-electron chi connectivity index (χ0n) is 9.17. The maximum Gasteiger partial charge on any atom is 0.231 e. The van der Waals surface area contributed by atoms with E-state index in [1.807, 2.05) is 32.9 Å². The van der Waals surface area contributed by atoms with E-state index < -0.39 is 0 Å². The molecule has 1 heterocycles. The van der Waals surface area contributed by atoms with E-state index in [0.29, 0.717) is 5.82 Å². The molecule has 82 valence electrons. The predicted octanol–water partition coefficient (Wildman–Crippen LogP) is 3.22. The Morgan fingerprint density at radius 2 is 2.27 bits per heavy atom. The fourth-order valence-electron chi connectivity index (χ4n) is 0.915. The van der Waals surface area contributed by atoms with Crippen molar-refractivity contribution in [3.63, 3.8) is 0 Å². The molecule has 3 nitrogen and oxygen atoms in total. The van der Waals surface area contributed by atoms with Crippen LogP contribution in [0, 0.1) is 5.41 Å². The average Bonchev–Trinajstić information content (AvgIpc) is 2.21. The number of carbonyl (C=O) groups is 1. The molecule has 0 bridgehead atoms. The number of halogens is 1. The normalized spacial score (nSPS) is 11.2. The molecule has 1 amide bonds. The molecule has 0 fully saturated rings. The summed E-state index contributed by atoms with van der Waals surface area (Å²) in [5.41, 5.74) is -0.364. The van der Waals surface area contributed by atoms with E-state index in [9.17, 15) is 4.79 Å². The maximum atomic E-state index is 11.8. The molecule has 0 spiro atoms. The summed E-state index contributed by atoms with van der Waals surface area (Å²) < 4.78 is 0.797. The highest BCUT2D eigenvalue weighted by molar-refractivity contribution is 9.10. The van der Waals surface area contributed by atoms with Gasteiger partial charge >= 0.3 is 0 Å². The molecule has 1 aromatic rings. The van der Waals surface area contributed by atoms with Crippen LogP contribution in [0.25, 0.3) is 0 Å². The molecule has 1 rings (SSSR count). The molecule has 4 heteroatoms. The van der Waals surface area contributed by atoms with Crippen molar-refractivity contribution in [2.45, 2.75) is 27.2 Å². The molecule has 1 N–H and O–H groups in total. The van der Waals surface area contributed by atoms with Gasteiger partial charge in [0.1, 0.15) is 5.82 Å². The number of carbonyl (C=O) groups excluding carboxylic acids is 1. The number of amides is 1. The lowest BCUT2D eigenvalue weighted by Crippen LogP contribution is -2.30. The lowest BCUT2D eigenvalue weighted by molar-refractivity contribution is -0.124. The van der Waals surface area contributed by atoms with Crippen molar-refractivity contribution in [1.82, 2.24) is 4.98 Å². The molecule has 0 aliphatic rings. The van der Waals surface area contributed by atoms with Gasteiger partial charge in [-0.1, -0.05) is 20.8 Å². The van der Waals surface area contributed by atoms with Crippen LogP contribution in [-0.2, 0) is 4.79 Å². The van der Waals surface area contributed by atoms with Crippen LogP contribution in [0.2, 0.25) is 0 Å². The first-order chi connectivity index (χ1) is 6.97. The van der Waals surface area contributed by atoms with Crippen LogP contribution in [0.15, 0.2) is 22.8 Å². The second kappa shape index (κ2) is 4.75. The van der Waals surface area contributed by atoms with Gasteiger partial charge in [0.2, 0.25) is 5.91 Å². The Morgan fingerprint density at radius 1 is 1.60 bits per heavy atom. The van der Waals surface area contributed by atoms with Gasteiger partial charge in [0, 0.05) is 11.6 Å². The minimum Gasteiger partial charge on any atom is -0.309 e. The van der Waals surface area contributed by atoms with Crippen molar-refractivity contribution >= 4 is 27.7 Å². The summed E-state index contributed by atoms with van der Waals surface area (Å²) in [5.74, 6) is 0.563. The highest BCUT2D eigenvalue weighted by atomic mass is 79.9. The molecule has 0 saturated heterocycles. The van der Waals surface area contributed by atoms with Crippen molar-refractivity contribution in [1.29, 1.82) is 0 Å². The predicted molar refractivity (Wildman–Crippen MR) is 64.6 cm³/mol. The Bertz CT molecular complexity index is 363. The van der Waals surface area contributed by atoms with Gasteiger partial charge in [-0.2, -0.15) is 0 Å². The number of hydrogen-bond acceptors (Lipinski definition) is 2. The van der Waals surface area contributed by atoms with Gasteiger partial charge in [0.15, 0.2) is 0 Å². The van der Waals surface area contributed by atoms with Crippen molar-refractivity contribution in [2.75, 3.05) is 5.32 Å². The van der Waals surface area contributed by atoms with E-state index in [1.165, 1.54) is 0 Å². The van der Waals surface area contributed by atoms with Gasteiger partial charge in [-0.05, 0) is 34.5 Å². The molecule has 0 aromatic carbocycles. The first-order valence-electron chi connectivity index (χ1n) is 4.89. The van der Waals surface area contributed by atoms with Crippen LogP contribution < -0.4 is 5.32 Å². The topological polar surface area (TPSA) is 42.0 Å². The molecule has 0 atom stereocenters. The van der Waals surface area contributed by atoms with Crippen molar-refractivity contribution in [3.8, 4) is 0 Å². The molecule has 15 heavy (non-hydrogen) atoms. The van der Waals surface area contributed by atoms with Gasteiger partial charge in [-0.25, -0.2) is 4.98 Å². The highest BCUT2D eigenvalue weighted by Gasteiger charge is 2.25. The third-order valence-electron chi connectivity index (χ3n) is 2.49. The smallest absolute Gasteiger partial charge is 0.231 e. The van der Waals surface area contributed by atoms with E-state index in [1.54, 1.807) is 6.20 Å². The van der Waals surface area contributed by atoms with Crippen molar-refractivity contribution in [3.05, 3.63) is 22.8 Å².